The predicted molar refractivity (Wildman–Crippen MR) is 150 cm³/mol. The van der Waals surface area contributed by atoms with Crippen molar-refractivity contribution >= 4 is 29.0 Å². The molecular formula is C30H35FN4O2S. The second kappa shape index (κ2) is 11.7. The Bertz CT molecular complexity index is 1280. The number of amides is 3. The van der Waals surface area contributed by atoms with E-state index in [0.717, 1.165) is 30.6 Å². The third-order valence-corrected chi connectivity index (χ3v) is 8.53. The standard InChI is InChI=1S/C30H35FN4O2S/c1-21(2)22-7-9-25(10-8-22)32-30(37)34-14-4-13-33(16-17-34)28(36)20-35-15-11-27-26(12-18-38-27)29(35)23-5-3-6-24(31)19-23/h3,5-10,12,18-19,21,29H,4,11,13-17,20H2,1-2H3,(H,32,37)/t29-/m1/s1. The molecule has 1 N–H and O–H groups in total. The van der Waals surface area contributed by atoms with E-state index in [-0.39, 0.29) is 30.3 Å². The van der Waals surface area contributed by atoms with Gasteiger partial charge in [0.1, 0.15) is 5.82 Å². The van der Waals surface area contributed by atoms with E-state index >= 15 is 0 Å². The largest absolute Gasteiger partial charge is 0.340 e. The van der Waals surface area contributed by atoms with Crippen LogP contribution >= 0.6 is 11.3 Å². The Kier molecular flexibility index (Phi) is 8.09. The zero-order chi connectivity index (χ0) is 26.6. The van der Waals surface area contributed by atoms with E-state index in [4.69, 9.17) is 0 Å². The van der Waals surface area contributed by atoms with Crippen molar-refractivity contribution in [3.8, 4) is 0 Å². The number of carbonyl (C=O) groups excluding carboxylic acids is 2. The summed E-state index contributed by atoms with van der Waals surface area (Å²) >= 11 is 1.73. The maximum atomic E-state index is 14.1. The summed E-state index contributed by atoms with van der Waals surface area (Å²) in [5.74, 6) is 0.227. The average Bonchev–Trinajstić information content (AvgIpc) is 3.24. The minimum atomic E-state index is -0.266. The molecule has 3 heterocycles. The van der Waals surface area contributed by atoms with Crippen molar-refractivity contribution in [2.24, 2.45) is 0 Å². The van der Waals surface area contributed by atoms with Gasteiger partial charge in [-0.05, 0) is 71.2 Å². The number of rotatable bonds is 5. The molecule has 2 aromatic carbocycles. The lowest BCUT2D eigenvalue weighted by molar-refractivity contribution is -0.132. The molecule has 2 aliphatic rings. The summed E-state index contributed by atoms with van der Waals surface area (Å²) in [7, 11) is 0. The average molecular weight is 535 g/mol. The quantitative estimate of drug-likeness (QED) is 0.455. The van der Waals surface area contributed by atoms with E-state index in [1.807, 2.05) is 35.2 Å². The number of fused-ring (bicyclic) bond motifs is 1. The fourth-order valence-corrected chi connectivity index (χ4v) is 6.31. The van der Waals surface area contributed by atoms with Gasteiger partial charge in [-0.15, -0.1) is 11.3 Å². The Morgan fingerprint density at radius 1 is 1.00 bits per heavy atom. The number of benzene rings is 2. The highest BCUT2D eigenvalue weighted by atomic mass is 32.1. The van der Waals surface area contributed by atoms with Crippen LogP contribution in [0.15, 0.2) is 60.0 Å². The third-order valence-electron chi connectivity index (χ3n) is 7.53. The van der Waals surface area contributed by atoms with Gasteiger partial charge < -0.3 is 15.1 Å². The number of nitrogens with zero attached hydrogens (tertiary/aromatic N) is 3. The minimum Gasteiger partial charge on any atom is -0.340 e. The van der Waals surface area contributed by atoms with Crippen molar-refractivity contribution in [3.05, 3.63) is 87.4 Å². The highest BCUT2D eigenvalue weighted by molar-refractivity contribution is 7.10. The van der Waals surface area contributed by atoms with Crippen LogP contribution in [0.25, 0.3) is 0 Å². The summed E-state index contributed by atoms with van der Waals surface area (Å²) in [5, 5.41) is 5.08. The van der Waals surface area contributed by atoms with Crippen molar-refractivity contribution in [3.63, 3.8) is 0 Å². The number of thiophene rings is 1. The molecule has 0 aliphatic carbocycles. The van der Waals surface area contributed by atoms with Crippen molar-refractivity contribution < 1.29 is 14.0 Å². The molecule has 3 aromatic rings. The molecule has 6 nitrogen and oxygen atoms in total. The Morgan fingerprint density at radius 3 is 2.53 bits per heavy atom. The van der Waals surface area contributed by atoms with Crippen molar-refractivity contribution in [2.75, 3.05) is 44.6 Å². The van der Waals surface area contributed by atoms with E-state index < -0.39 is 0 Å². The summed E-state index contributed by atoms with van der Waals surface area (Å²) in [5.41, 5.74) is 4.05. The van der Waals surface area contributed by atoms with Gasteiger partial charge in [0.2, 0.25) is 5.91 Å². The van der Waals surface area contributed by atoms with Gasteiger partial charge in [0.25, 0.3) is 0 Å². The second-order valence-electron chi connectivity index (χ2n) is 10.4. The molecule has 1 atom stereocenters. The van der Waals surface area contributed by atoms with Gasteiger partial charge >= 0.3 is 6.03 Å². The van der Waals surface area contributed by atoms with Crippen LogP contribution in [0, 0.1) is 5.82 Å². The van der Waals surface area contributed by atoms with Crippen LogP contribution in [0.4, 0.5) is 14.9 Å². The molecule has 5 rings (SSSR count). The van der Waals surface area contributed by atoms with E-state index in [9.17, 15) is 14.0 Å². The van der Waals surface area contributed by atoms with Gasteiger partial charge in [0.15, 0.2) is 0 Å². The first-order chi connectivity index (χ1) is 18.4. The van der Waals surface area contributed by atoms with Gasteiger partial charge in [0.05, 0.1) is 12.6 Å². The van der Waals surface area contributed by atoms with Crippen LogP contribution in [0.3, 0.4) is 0 Å². The highest BCUT2D eigenvalue weighted by Crippen LogP contribution is 2.37. The number of nitrogens with one attached hydrogen (secondary N) is 1. The summed E-state index contributed by atoms with van der Waals surface area (Å²) in [6.07, 6.45) is 1.62. The number of halogens is 1. The second-order valence-corrected chi connectivity index (χ2v) is 11.4. The predicted octanol–water partition coefficient (Wildman–Crippen LogP) is 5.72. The molecule has 200 valence electrons. The molecular weight excluding hydrogens is 499 g/mol. The van der Waals surface area contributed by atoms with Crippen LogP contribution in [0.1, 0.15) is 53.8 Å². The molecule has 1 aromatic heterocycles. The topological polar surface area (TPSA) is 55.9 Å². The lowest BCUT2D eigenvalue weighted by Crippen LogP contribution is -2.45. The first kappa shape index (κ1) is 26.4. The fraction of sp³-hybridized carbons (Fsp3) is 0.400. The molecule has 8 heteroatoms. The molecule has 1 saturated heterocycles. The van der Waals surface area contributed by atoms with Gasteiger partial charge in [-0.1, -0.05) is 38.1 Å². The Morgan fingerprint density at radius 2 is 1.76 bits per heavy atom. The normalized spacial score (nSPS) is 18.3. The lowest BCUT2D eigenvalue weighted by atomic mass is 9.93. The molecule has 0 unspecified atom stereocenters. The highest BCUT2D eigenvalue weighted by Gasteiger charge is 2.32. The van der Waals surface area contributed by atoms with Crippen molar-refractivity contribution in [1.29, 1.82) is 0 Å². The first-order valence-corrected chi connectivity index (χ1v) is 14.3. The summed E-state index contributed by atoms with van der Waals surface area (Å²) in [6, 6.07) is 16.5. The molecule has 2 aliphatic heterocycles. The number of carbonyl (C=O) groups is 2. The maximum Gasteiger partial charge on any atom is 0.321 e. The number of hydrogen-bond acceptors (Lipinski definition) is 4. The lowest BCUT2D eigenvalue weighted by Gasteiger charge is -2.37. The Labute approximate surface area is 228 Å². The smallest absolute Gasteiger partial charge is 0.321 e. The van der Waals surface area contributed by atoms with Crippen LogP contribution in [0.5, 0.6) is 0 Å². The van der Waals surface area contributed by atoms with E-state index in [0.29, 0.717) is 32.1 Å². The third kappa shape index (κ3) is 5.92. The summed E-state index contributed by atoms with van der Waals surface area (Å²) in [4.78, 5) is 33.5. The van der Waals surface area contributed by atoms with Gasteiger partial charge in [-0.25, -0.2) is 9.18 Å². The minimum absolute atomic E-state index is 0.0524. The zero-order valence-corrected chi connectivity index (χ0v) is 22.8. The molecule has 38 heavy (non-hydrogen) atoms. The molecule has 3 amide bonds. The van der Waals surface area contributed by atoms with Gasteiger partial charge in [0, 0.05) is 43.3 Å². The van der Waals surface area contributed by atoms with Gasteiger partial charge in [-0.3, -0.25) is 9.69 Å². The fourth-order valence-electron chi connectivity index (χ4n) is 5.40. The molecule has 0 radical (unpaired) electrons. The van der Waals surface area contributed by atoms with E-state index in [1.54, 1.807) is 28.4 Å². The summed E-state index contributed by atoms with van der Waals surface area (Å²) in [6.45, 7) is 7.52. The van der Waals surface area contributed by atoms with Crippen LogP contribution in [-0.2, 0) is 11.2 Å². The van der Waals surface area contributed by atoms with Crippen molar-refractivity contribution in [1.82, 2.24) is 14.7 Å². The molecule has 0 bridgehead atoms. The SMILES string of the molecule is CC(C)c1ccc(NC(=O)N2CCCN(C(=O)CN3CCc4sccc4[C@H]3c3cccc(F)c3)CC2)cc1. The van der Waals surface area contributed by atoms with Crippen LogP contribution in [-0.4, -0.2) is 65.9 Å². The number of urea groups is 1. The Hall–Kier alpha value is -3.23. The summed E-state index contributed by atoms with van der Waals surface area (Å²) < 4.78 is 14.1. The van der Waals surface area contributed by atoms with E-state index in [2.05, 4.69) is 35.5 Å². The Balaban J connectivity index is 1.21. The number of hydrogen-bond donors (Lipinski definition) is 1. The van der Waals surface area contributed by atoms with Gasteiger partial charge in [-0.2, -0.15) is 0 Å². The van der Waals surface area contributed by atoms with Crippen LogP contribution in [0.2, 0.25) is 0 Å². The van der Waals surface area contributed by atoms with E-state index in [1.165, 1.54) is 22.1 Å². The molecule has 0 spiro atoms. The number of anilines is 1. The van der Waals surface area contributed by atoms with Crippen LogP contribution < -0.4 is 5.32 Å². The molecule has 1 fully saturated rings. The first-order valence-electron chi connectivity index (χ1n) is 13.4. The van der Waals surface area contributed by atoms with Crippen molar-refractivity contribution in [2.45, 2.75) is 38.6 Å². The molecule has 0 saturated carbocycles. The zero-order valence-electron chi connectivity index (χ0n) is 22.0. The maximum absolute atomic E-state index is 14.1. The monoisotopic (exact) mass is 534 g/mol.